The number of anilines is 1. The smallest absolute Gasteiger partial charge is 0.261 e. The maximum Gasteiger partial charge on any atom is 0.261 e. The molecule has 0 aromatic heterocycles. The molecule has 0 aliphatic heterocycles. The molecule has 0 spiro atoms. The van der Waals surface area contributed by atoms with Crippen molar-refractivity contribution in [3.05, 3.63) is 59.0 Å². The molecule has 2 aromatic rings. The highest BCUT2D eigenvalue weighted by molar-refractivity contribution is 7.92. The monoisotopic (exact) mass is 304 g/mol. The summed E-state index contributed by atoms with van der Waals surface area (Å²) in [5.41, 5.74) is 9.02. The number of rotatable bonds is 5. The van der Waals surface area contributed by atoms with E-state index in [1.54, 1.807) is 24.3 Å². The number of hydrogen-bond donors (Lipinski definition) is 1. The average Bonchev–Trinajstić information content (AvgIpc) is 2.48. The summed E-state index contributed by atoms with van der Waals surface area (Å²) in [6.07, 6.45) is 0. The van der Waals surface area contributed by atoms with Crippen LogP contribution in [-0.2, 0) is 10.0 Å². The van der Waals surface area contributed by atoms with E-state index in [9.17, 15) is 8.42 Å². The minimum atomic E-state index is -3.75. The van der Waals surface area contributed by atoms with Crippen molar-refractivity contribution in [2.24, 2.45) is 5.11 Å². The number of methoxy groups -OCH3 is 1. The molecule has 0 heterocycles. The predicted molar refractivity (Wildman–Crippen MR) is 79.1 cm³/mol. The first-order chi connectivity index (χ1) is 10.0. The van der Waals surface area contributed by atoms with Crippen molar-refractivity contribution < 1.29 is 13.2 Å². The molecule has 1 N–H and O–H groups in total. The lowest BCUT2D eigenvalue weighted by molar-refractivity contribution is 0.415. The van der Waals surface area contributed by atoms with Crippen LogP contribution in [0, 0.1) is 0 Å². The fraction of sp³-hybridized carbons (Fsp3) is 0.0769. The average molecular weight is 304 g/mol. The van der Waals surface area contributed by atoms with Crippen LogP contribution in [0.5, 0.6) is 5.75 Å². The molecule has 21 heavy (non-hydrogen) atoms. The van der Waals surface area contributed by atoms with Crippen LogP contribution in [0.25, 0.3) is 10.4 Å². The lowest BCUT2D eigenvalue weighted by Crippen LogP contribution is -2.12. The zero-order valence-electron chi connectivity index (χ0n) is 11.1. The summed E-state index contributed by atoms with van der Waals surface area (Å²) in [6.45, 7) is 0. The Kier molecular flexibility index (Phi) is 4.32. The first-order valence-electron chi connectivity index (χ1n) is 5.87. The third-order valence-electron chi connectivity index (χ3n) is 2.63. The van der Waals surface area contributed by atoms with Gasteiger partial charge >= 0.3 is 0 Å². The standard InChI is InChI=1S/C13H12N4O3S/c1-20-12-7-5-10(6-8-12)16-21(18,19)13-4-2-3-11(9-13)15-17-14/h2-9,16H,1H3. The van der Waals surface area contributed by atoms with Crippen LogP contribution >= 0.6 is 0 Å². The minimum absolute atomic E-state index is 0.0169. The van der Waals surface area contributed by atoms with Crippen LogP contribution in [0.1, 0.15) is 0 Å². The maximum atomic E-state index is 12.2. The third-order valence-corrected chi connectivity index (χ3v) is 4.01. The normalized spacial score (nSPS) is 10.5. The van der Waals surface area contributed by atoms with Crippen molar-refractivity contribution >= 4 is 21.4 Å². The van der Waals surface area contributed by atoms with E-state index in [2.05, 4.69) is 14.7 Å². The summed E-state index contributed by atoms with van der Waals surface area (Å²) in [6, 6.07) is 12.2. The molecule has 0 saturated heterocycles. The van der Waals surface area contributed by atoms with E-state index < -0.39 is 10.0 Å². The van der Waals surface area contributed by atoms with Gasteiger partial charge in [-0.05, 0) is 41.9 Å². The number of nitrogens with zero attached hydrogens (tertiary/aromatic N) is 3. The van der Waals surface area contributed by atoms with E-state index in [-0.39, 0.29) is 10.6 Å². The van der Waals surface area contributed by atoms with Crippen molar-refractivity contribution in [1.29, 1.82) is 0 Å². The largest absolute Gasteiger partial charge is 0.497 e. The fourth-order valence-corrected chi connectivity index (χ4v) is 2.74. The second kappa shape index (κ2) is 6.17. The number of azide groups is 1. The first kappa shape index (κ1) is 14.7. The van der Waals surface area contributed by atoms with E-state index in [1.165, 1.54) is 31.4 Å². The van der Waals surface area contributed by atoms with E-state index in [4.69, 9.17) is 10.3 Å². The highest BCUT2D eigenvalue weighted by atomic mass is 32.2. The zero-order chi connectivity index (χ0) is 15.3. The molecular weight excluding hydrogens is 292 g/mol. The van der Waals surface area contributed by atoms with Gasteiger partial charge in [0.25, 0.3) is 10.0 Å². The van der Waals surface area contributed by atoms with Gasteiger partial charge < -0.3 is 4.74 Å². The Balaban J connectivity index is 2.28. The van der Waals surface area contributed by atoms with Crippen molar-refractivity contribution in [3.8, 4) is 5.75 Å². The summed E-state index contributed by atoms with van der Waals surface area (Å²) in [4.78, 5) is 2.64. The summed E-state index contributed by atoms with van der Waals surface area (Å²) in [7, 11) is -2.22. The molecular formula is C13H12N4O3S. The van der Waals surface area contributed by atoms with Gasteiger partial charge in [0.1, 0.15) is 5.75 Å². The van der Waals surface area contributed by atoms with Crippen LogP contribution in [-0.4, -0.2) is 15.5 Å². The highest BCUT2D eigenvalue weighted by Gasteiger charge is 2.14. The molecule has 0 bridgehead atoms. The number of ether oxygens (including phenoxy) is 1. The van der Waals surface area contributed by atoms with E-state index in [0.29, 0.717) is 11.4 Å². The summed E-state index contributed by atoms with van der Waals surface area (Å²) in [5, 5.41) is 3.38. The molecule has 2 rings (SSSR count). The molecule has 0 radical (unpaired) electrons. The lowest BCUT2D eigenvalue weighted by atomic mass is 10.3. The second-order valence-electron chi connectivity index (χ2n) is 4.02. The van der Waals surface area contributed by atoms with Crippen LogP contribution in [0.3, 0.4) is 0 Å². The molecule has 0 fully saturated rings. The van der Waals surface area contributed by atoms with E-state index in [0.717, 1.165) is 0 Å². The molecule has 0 aliphatic carbocycles. The Morgan fingerprint density at radius 2 is 1.90 bits per heavy atom. The van der Waals surface area contributed by atoms with Crippen LogP contribution in [0.2, 0.25) is 0 Å². The number of hydrogen-bond acceptors (Lipinski definition) is 4. The lowest BCUT2D eigenvalue weighted by Gasteiger charge is -2.09. The molecule has 7 nitrogen and oxygen atoms in total. The molecule has 0 aliphatic rings. The Morgan fingerprint density at radius 1 is 1.19 bits per heavy atom. The Labute approximate surface area is 121 Å². The molecule has 0 saturated carbocycles. The van der Waals surface area contributed by atoms with Gasteiger partial charge in [-0.25, -0.2) is 8.42 Å². The Hall–Kier alpha value is -2.70. The first-order valence-corrected chi connectivity index (χ1v) is 7.35. The predicted octanol–water partition coefficient (Wildman–Crippen LogP) is 3.44. The van der Waals surface area contributed by atoms with Gasteiger partial charge in [0.05, 0.1) is 12.0 Å². The van der Waals surface area contributed by atoms with Gasteiger partial charge in [-0.3, -0.25) is 4.72 Å². The fourth-order valence-electron chi connectivity index (χ4n) is 1.64. The van der Waals surface area contributed by atoms with Gasteiger partial charge in [0.2, 0.25) is 0 Å². The third kappa shape index (κ3) is 3.65. The van der Waals surface area contributed by atoms with Crippen molar-refractivity contribution in [2.45, 2.75) is 4.90 Å². The summed E-state index contributed by atoms with van der Waals surface area (Å²) < 4.78 is 31.9. The van der Waals surface area contributed by atoms with Crippen molar-refractivity contribution in [2.75, 3.05) is 11.8 Å². The van der Waals surface area contributed by atoms with Gasteiger partial charge in [0.15, 0.2) is 0 Å². The summed E-state index contributed by atoms with van der Waals surface area (Å²) >= 11 is 0. The zero-order valence-corrected chi connectivity index (χ0v) is 11.9. The SMILES string of the molecule is COc1ccc(NS(=O)(=O)c2cccc(N=[N+]=[N-])c2)cc1. The van der Waals surface area contributed by atoms with E-state index >= 15 is 0 Å². The molecule has 108 valence electrons. The summed E-state index contributed by atoms with van der Waals surface area (Å²) in [5.74, 6) is 0.628. The van der Waals surface area contributed by atoms with Gasteiger partial charge in [-0.1, -0.05) is 17.2 Å². The van der Waals surface area contributed by atoms with Crippen molar-refractivity contribution in [3.63, 3.8) is 0 Å². The van der Waals surface area contributed by atoms with Gasteiger partial charge in [-0.15, -0.1) is 0 Å². The molecule has 0 unspecified atom stereocenters. The van der Waals surface area contributed by atoms with Gasteiger partial charge in [-0.2, -0.15) is 0 Å². The number of benzene rings is 2. The molecule has 2 aromatic carbocycles. The number of nitrogens with one attached hydrogen (secondary N) is 1. The quantitative estimate of drug-likeness (QED) is 0.519. The van der Waals surface area contributed by atoms with Crippen molar-refractivity contribution in [1.82, 2.24) is 0 Å². The minimum Gasteiger partial charge on any atom is -0.497 e. The maximum absolute atomic E-state index is 12.2. The van der Waals surface area contributed by atoms with Crippen LogP contribution in [0.4, 0.5) is 11.4 Å². The number of sulfonamides is 1. The van der Waals surface area contributed by atoms with Crippen LogP contribution < -0.4 is 9.46 Å². The highest BCUT2D eigenvalue weighted by Crippen LogP contribution is 2.22. The topological polar surface area (TPSA) is 104 Å². The van der Waals surface area contributed by atoms with Crippen LogP contribution in [0.15, 0.2) is 58.5 Å². The molecule has 0 amide bonds. The van der Waals surface area contributed by atoms with Gasteiger partial charge in [0, 0.05) is 16.3 Å². The molecule has 8 heteroatoms. The Morgan fingerprint density at radius 3 is 2.52 bits per heavy atom. The molecule has 0 atom stereocenters. The van der Waals surface area contributed by atoms with E-state index in [1.807, 2.05) is 0 Å². The second-order valence-corrected chi connectivity index (χ2v) is 5.70. The Bertz CT molecular complexity index is 781.